The van der Waals surface area contributed by atoms with E-state index in [0.717, 1.165) is 50.7 Å². The second-order valence-corrected chi connectivity index (χ2v) is 7.95. The number of imidazole rings is 1. The van der Waals surface area contributed by atoms with Gasteiger partial charge in [-0.2, -0.15) is 10.2 Å². The molecular formula is C18H19FN6S. The number of halogens is 1. The fraction of sp³-hybridized carbons (Fsp3) is 0.389. The number of aryl methyl sites for hydroxylation is 2. The Morgan fingerprint density at radius 1 is 1.23 bits per heavy atom. The fourth-order valence-corrected chi connectivity index (χ4v) is 4.57. The van der Waals surface area contributed by atoms with Crippen molar-refractivity contribution in [2.45, 2.75) is 32.5 Å². The zero-order valence-electron chi connectivity index (χ0n) is 14.6. The van der Waals surface area contributed by atoms with Crippen LogP contribution in [0.15, 0.2) is 24.5 Å². The van der Waals surface area contributed by atoms with Crippen LogP contribution in [0.1, 0.15) is 23.7 Å². The van der Waals surface area contributed by atoms with Gasteiger partial charge in [-0.3, -0.25) is 4.68 Å². The number of hydrogen-bond donors (Lipinski definition) is 1. The quantitative estimate of drug-likeness (QED) is 0.588. The highest BCUT2D eigenvalue weighted by Crippen LogP contribution is 2.34. The third-order valence-corrected chi connectivity index (χ3v) is 5.97. The predicted octanol–water partition coefficient (Wildman–Crippen LogP) is 3.30. The van der Waals surface area contributed by atoms with Crippen molar-refractivity contribution in [3.05, 3.63) is 35.8 Å². The summed E-state index contributed by atoms with van der Waals surface area (Å²) >= 11 is 1.59. The van der Waals surface area contributed by atoms with E-state index >= 15 is 0 Å². The summed E-state index contributed by atoms with van der Waals surface area (Å²) in [6.07, 6.45) is 3.77. The normalized spacial score (nSPS) is 21.0. The number of nitrogens with zero attached hydrogens (tertiary/aromatic N) is 5. The lowest BCUT2D eigenvalue weighted by atomic mass is 10.1. The number of alkyl halides is 1. The van der Waals surface area contributed by atoms with E-state index in [4.69, 9.17) is 0 Å². The number of piperidine rings is 1. The summed E-state index contributed by atoms with van der Waals surface area (Å²) in [6, 6.07) is 3.98. The monoisotopic (exact) mass is 370 g/mol. The van der Waals surface area contributed by atoms with Gasteiger partial charge in [-0.15, -0.1) is 11.3 Å². The highest BCUT2D eigenvalue weighted by atomic mass is 32.1. The Balaban J connectivity index is 1.53. The van der Waals surface area contributed by atoms with Crippen molar-refractivity contribution in [3.8, 4) is 10.6 Å². The van der Waals surface area contributed by atoms with E-state index in [9.17, 15) is 4.39 Å². The van der Waals surface area contributed by atoms with Crippen LogP contribution in [0, 0.1) is 13.8 Å². The molecule has 26 heavy (non-hydrogen) atoms. The molecule has 2 atom stereocenters. The predicted molar refractivity (Wildman–Crippen MR) is 100 cm³/mol. The first kappa shape index (κ1) is 15.9. The van der Waals surface area contributed by atoms with Crippen LogP contribution < -0.4 is 5.32 Å². The van der Waals surface area contributed by atoms with E-state index < -0.39 is 6.17 Å². The zero-order valence-corrected chi connectivity index (χ0v) is 15.4. The van der Waals surface area contributed by atoms with Gasteiger partial charge in [-0.05, 0) is 44.5 Å². The largest absolute Gasteiger partial charge is 0.314 e. The van der Waals surface area contributed by atoms with Gasteiger partial charge in [0.15, 0.2) is 5.65 Å². The van der Waals surface area contributed by atoms with Gasteiger partial charge in [0.25, 0.3) is 0 Å². The molecule has 0 spiro atoms. The maximum absolute atomic E-state index is 14.2. The molecule has 1 aliphatic rings. The first-order chi connectivity index (χ1) is 12.6. The zero-order chi connectivity index (χ0) is 17.8. The summed E-state index contributed by atoms with van der Waals surface area (Å²) in [5.74, 6) is 0. The Labute approximate surface area is 153 Å². The molecule has 0 unspecified atom stereocenters. The van der Waals surface area contributed by atoms with Crippen molar-refractivity contribution >= 4 is 27.2 Å². The van der Waals surface area contributed by atoms with E-state index in [-0.39, 0.29) is 6.04 Å². The van der Waals surface area contributed by atoms with Crippen molar-refractivity contribution < 1.29 is 4.39 Å². The van der Waals surface area contributed by atoms with Crippen molar-refractivity contribution in [3.63, 3.8) is 0 Å². The van der Waals surface area contributed by atoms with Gasteiger partial charge in [0, 0.05) is 18.1 Å². The van der Waals surface area contributed by atoms with Gasteiger partial charge < -0.3 is 5.32 Å². The molecule has 4 aromatic rings. The first-order valence-corrected chi connectivity index (χ1v) is 9.57. The van der Waals surface area contributed by atoms with Crippen molar-refractivity contribution in [1.82, 2.24) is 29.7 Å². The molecule has 8 heteroatoms. The van der Waals surface area contributed by atoms with E-state index in [0.29, 0.717) is 6.54 Å². The molecule has 0 amide bonds. The molecule has 0 bridgehead atoms. The molecule has 0 aliphatic carbocycles. The Morgan fingerprint density at radius 3 is 2.92 bits per heavy atom. The van der Waals surface area contributed by atoms with E-state index in [1.165, 1.54) is 0 Å². The highest BCUT2D eigenvalue weighted by molar-refractivity contribution is 7.21. The van der Waals surface area contributed by atoms with Crippen LogP contribution in [0.2, 0.25) is 0 Å². The van der Waals surface area contributed by atoms with Crippen LogP contribution in [-0.2, 0) is 0 Å². The Kier molecular flexibility index (Phi) is 3.58. The van der Waals surface area contributed by atoms with E-state index in [1.807, 2.05) is 30.8 Å². The number of hydrogen-bond acceptors (Lipinski definition) is 5. The summed E-state index contributed by atoms with van der Waals surface area (Å²) in [7, 11) is 0. The fourth-order valence-electron chi connectivity index (χ4n) is 3.61. The van der Waals surface area contributed by atoms with Crippen LogP contribution in [0.25, 0.3) is 26.4 Å². The number of thiophene rings is 1. The first-order valence-electron chi connectivity index (χ1n) is 8.76. The smallest absolute Gasteiger partial charge is 0.156 e. The maximum Gasteiger partial charge on any atom is 0.156 e. The minimum atomic E-state index is -0.895. The van der Waals surface area contributed by atoms with Crippen LogP contribution in [0.4, 0.5) is 4.39 Å². The molecular weight excluding hydrogens is 351 g/mol. The molecule has 1 saturated heterocycles. The number of fused-ring (bicyclic) bond motifs is 2. The van der Waals surface area contributed by atoms with Gasteiger partial charge in [0.05, 0.1) is 22.8 Å². The highest BCUT2D eigenvalue weighted by Gasteiger charge is 2.27. The second kappa shape index (κ2) is 5.85. The maximum atomic E-state index is 14.2. The molecule has 5 heterocycles. The summed E-state index contributed by atoms with van der Waals surface area (Å²) < 4.78 is 17.8. The summed E-state index contributed by atoms with van der Waals surface area (Å²) in [5.41, 5.74) is 3.84. The van der Waals surface area contributed by atoms with Gasteiger partial charge in [-0.25, -0.2) is 13.9 Å². The van der Waals surface area contributed by atoms with Crippen LogP contribution in [0.5, 0.6) is 0 Å². The molecule has 0 saturated carbocycles. The third kappa shape index (κ3) is 2.52. The van der Waals surface area contributed by atoms with Crippen LogP contribution in [0.3, 0.4) is 0 Å². The second-order valence-electron chi connectivity index (χ2n) is 6.92. The van der Waals surface area contributed by atoms with Gasteiger partial charge in [0.2, 0.25) is 0 Å². The van der Waals surface area contributed by atoms with E-state index in [1.54, 1.807) is 16.0 Å². The van der Waals surface area contributed by atoms with Crippen LogP contribution >= 0.6 is 11.3 Å². The number of nitrogens with one attached hydrogen (secondary N) is 1. The molecule has 134 valence electrons. The molecule has 4 aromatic heterocycles. The Bertz CT molecular complexity index is 1080. The third-order valence-electron chi connectivity index (χ3n) is 4.91. The summed E-state index contributed by atoms with van der Waals surface area (Å²) in [4.78, 5) is 6.48. The standard InChI is InChI=1S/C18H19FN6S/c1-10-5-14(22-25-8-11(2)21-17(10)25)16-6-12-9-24(23-18(12)26-16)15-3-4-20-7-13(15)19/h5-6,8-9,13,15,20H,3-4,7H2,1-2H3/t13-,15-/m0/s1. The van der Waals surface area contributed by atoms with E-state index in [2.05, 4.69) is 32.6 Å². The molecule has 6 nitrogen and oxygen atoms in total. The van der Waals surface area contributed by atoms with Crippen molar-refractivity contribution in [2.75, 3.05) is 13.1 Å². The SMILES string of the molecule is Cc1cn2nc(-c3cc4cn([C@H]5CCNC[C@@H]5F)nc4s3)cc(C)c2n1. The summed E-state index contributed by atoms with van der Waals surface area (Å²) in [5, 5.41) is 13.5. The molecule has 5 rings (SSSR count). The van der Waals surface area contributed by atoms with Gasteiger partial charge in [-0.1, -0.05) is 0 Å². The van der Waals surface area contributed by atoms with Gasteiger partial charge in [0.1, 0.15) is 16.7 Å². The molecule has 1 fully saturated rings. The molecule has 0 aromatic carbocycles. The number of aromatic nitrogens is 5. The van der Waals surface area contributed by atoms with Crippen molar-refractivity contribution in [1.29, 1.82) is 0 Å². The molecule has 0 radical (unpaired) electrons. The van der Waals surface area contributed by atoms with Crippen LogP contribution in [-0.4, -0.2) is 43.6 Å². The Morgan fingerprint density at radius 2 is 2.12 bits per heavy atom. The molecule has 1 N–H and O–H groups in total. The minimum Gasteiger partial charge on any atom is -0.314 e. The average Bonchev–Trinajstić information content (AvgIpc) is 3.27. The lowest BCUT2D eigenvalue weighted by molar-refractivity contribution is 0.174. The lowest BCUT2D eigenvalue weighted by Crippen LogP contribution is -2.39. The number of rotatable bonds is 2. The topological polar surface area (TPSA) is 60.0 Å². The minimum absolute atomic E-state index is 0.176. The Hall–Kier alpha value is -2.32. The molecule has 1 aliphatic heterocycles. The lowest BCUT2D eigenvalue weighted by Gasteiger charge is -2.26. The average molecular weight is 370 g/mol. The summed E-state index contributed by atoms with van der Waals surface area (Å²) in [6.45, 7) is 5.24. The van der Waals surface area contributed by atoms with Crippen molar-refractivity contribution in [2.24, 2.45) is 0 Å². The van der Waals surface area contributed by atoms with Gasteiger partial charge >= 0.3 is 0 Å².